The summed E-state index contributed by atoms with van der Waals surface area (Å²) in [6, 6.07) is 0.0428. The van der Waals surface area contributed by atoms with Crippen LogP contribution in [0.4, 0.5) is 4.79 Å². The molecule has 3 atom stereocenters. The van der Waals surface area contributed by atoms with E-state index in [1.165, 1.54) is 6.42 Å². The van der Waals surface area contributed by atoms with Gasteiger partial charge in [0.05, 0.1) is 11.5 Å². The average Bonchev–Trinajstić information content (AvgIpc) is 2.45. The van der Waals surface area contributed by atoms with E-state index in [4.69, 9.17) is 4.74 Å². The van der Waals surface area contributed by atoms with Crippen LogP contribution >= 0.6 is 0 Å². The highest BCUT2D eigenvalue weighted by molar-refractivity contribution is 5.76. The molecule has 1 saturated carbocycles. The number of nitrogens with zero attached hydrogens (tertiary/aromatic N) is 1. The summed E-state index contributed by atoms with van der Waals surface area (Å²) in [5.41, 5.74) is 0.00892. The van der Waals surface area contributed by atoms with Crippen LogP contribution < -0.4 is 5.32 Å². The summed E-state index contributed by atoms with van der Waals surface area (Å²) < 4.78 is 5.88. The Balaban J connectivity index is 1.55. The number of rotatable bonds is 2. The summed E-state index contributed by atoms with van der Waals surface area (Å²) in [6.07, 6.45) is 5.80. The van der Waals surface area contributed by atoms with Gasteiger partial charge in [0, 0.05) is 25.7 Å². The number of hydrogen-bond acceptors (Lipinski definition) is 3. The predicted molar refractivity (Wildman–Crippen MR) is 80.6 cm³/mol. The summed E-state index contributed by atoms with van der Waals surface area (Å²) in [4.78, 5) is 25.4. The fourth-order valence-corrected chi connectivity index (χ4v) is 4.03. The fourth-order valence-electron chi connectivity index (χ4n) is 4.03. The number of carboxylic acid groups (broad SMARTS) is 1. The highest BCUT2D eigenvalue weighted by Gasteiger charge is 2.43. The first kappa shape index (κ1) is 15.6. The number of urea groups is 1. The highest BCUT2D eigenvalue weighted by atomic mass is 16.5. The summed E-state index contributed by atoms with van der Waals surface area (Å²) in [6.45, 7) is 3.68. The van der Waals surface area contributed by atoms with E-state index in [-0.39, 0.29) is 23.6 Å². The molecule has 3 fully saturated rings. The number of aliphatic carboxylic acids is 1. The molecule has 124 valence electrons. The van der Waals surface area contributed by atoms with Crippen LogP contribution in [0.5, 0.6) is 0 Å². The molecule has 6 heteroatoms. The van der Waals surface area contributed by atoms with Crippen molar-refractivity contribution in [3.63, 3.8) is 0 Å². The summed E-state index contributed by atoms with van der Waals surface area (Å²) in [5, 5.41) is 12.3. The molecule has 2 N–H and O–H groups in total. The van der Waals surface area contributed by atoms with E-state index >= 15 is 0 Å². The van der Waals surface area contributed by atoms with Gasteiger partial charge in [-0.15, -0.1) is 0 Å². The Hall–Kier alpha value is -1.30. The van der Waals surface area contributed by atoms with E-state index in [1.54, 1.807) is 4.90 Å². The zero-order chi connectivity index (χ0) is 15.7. The molecule has 0 bridgehead atoms. The molecule has 1 aliphatic carbocycles. The van der Waals surface area contributed by atoms with Gasteiger partial charge >= 0.3 is 12.0 Å². The molecule has 2 heterocycles. The monoisotopic (exact) mass is 310 g/mol. The molecular weight excluding hydrogens is 284 g/mol. The lowest BCUT2D eigenvalue weighted by atomic mass is 9.74. The Morgan fingerprint density at radius 1 is 1.32 bits per heavy atom. The Labute approximate surface area is 131 Å². The summed E-state index contributed by atoms with van der Waals surface area (Å²) >= 11 is 0. The van der Waals surface area contributed by atoms with E-state index in [0.717, 1.165) is 25.7 Å². The van der Waals surface area contributed by atoms with Crippen LogP contribution in [0.15, 0.2) is 0 Å². The summed E-state index contributed by atoms with van der Waals surface area (Å²) in [5.74, 6) is -1.01. The Kier molecular flexibility index (Phi) is 4.30. The van der Waals surface area contributed by atoms with Crippen LogP contribution in [0.2, 0.25) is 0 Å². The van der Waals surface area contributed by atoms with Gasteiger partial charge in [0.1, 0.15) is 0 Å². The van der Waals surface area contributed by atoms with Gasteiger partial charge in [-0.3, -0.25) is 4.79 Å². The number of amides is 2. The van der Waals surface area contributed by atoms with Crippen molar-refractivity contribution < 1.29 is 19.4 Å². The van der Waals surface area contributed by atoms with Crippen LogP contribution in [0, 0.1) is 11.8 Å². The minimum absolute atomic E-state index is 0.00892. The molecular formula is C16H26N2O4. The maximum Gasteiger partial charge on any atom is 0.317 e. The van der Waals surface area contributed by atoms with Crippen LogP contribution in [0.25, 0.3) is 0 Å². The molecule has 0 aromatic heterocycles. The second-order valence-corrected chi connectivity index (χ2v) is 7.31. The maximum absolute atomic E-state index is 12.5. The van der Waals surface area contributed by atoms with Crippen LogP contribution in [-0.2, 0) is 9.53 Å². The van der Waals surface area contributed by atoms with Gasteiger partial charge in [-0.25, -0.2) is 4.79 Å². The predicted octanol–water partition coefficient (Wildman–Crippen LogP) is 1.84. The molecule has 2 amide bonds. The minimum atomic E-state index is -0.802. The third-order valence-electron chi connectivity index (χ3n) is 5.38. The zero-order valence-electron chi connectivity index (χ0n) is 13.2. The van der Waals surface area contributed by atoms with Crippen molar-refractivity contribution in [2.45, 2.75) is 57.1 Å². The van der Waals surface area contributed by atoms with Gasteiger partial charge in [0.15, 0.2) is 0 Å². The highest BCUT2D eigenvalue weighted by Crippen LogP contribution is 2.42. The number of ether oxygens (including phenoxy) is 1. The molecule has 3 aliphatic rings. The van der Waals surface area contributed by atoms with Gasteiger partial charge in [-0.05, 0) is 44.4 Å². The van der Waals surface area contributed by atoms with Gasteiger partial charge < -0.3 is 20.1 Å². The fraction of sp³-hybridized carbons (Fsp3) is 0.875. The van der Waals surface area contributed by atoms with E-state index in [0.29, 0.717) is 26.1 Å². The van der Waals surface area contributed by atoms with Gasteiger partial charge in [0.2, 0.25) is 0 Å². The van der Waals surface area contributed by atoms with Crippen molar-refractivity contribution >= 4 is 12.0 Å². The second-order valence-electron chi connectivity index (χ2n) is 7.31. The molecule has 3 rings (SSSR count). The second kappa shape index (κ2) is 6.07. The molecule has 3 unspecified atom stereocenters. The number of nitrogens with one attached hydrogen (secondary N) is 1. The van der Waals surface area contributed by atoms with Crippen molar-refractivity contribution in [3.8, 4) is 0 Å². The first-order valence-corrected chi connectivity index (χ1v) is 8.40. The van der Waals surface area contributed by atoms with Gasteiger partial charge in [-0.1, -0.05) is 6.92 Å². The number of carboxylic acids is 1. The lowest BCUT2D eigenvalue weighted by Crippen LogP contribution is -2.56. The molecule has 2 saturated heterocycles. The molecule has 0 radical (unpaired) electrons. The van der Waals surface area contributed by atoms with E-state index < -0.39 is 11.9 Å². The van der Waals surface area contributed by atoms with Crippen molar-refractivity contribution in [1.29, 1.82) is 0 Å². The molecule has 6 nitrogen and oxygen atoms in total. The smallest absolute Gasteiger partial charge is 0.317 e. The number of piperidine rings is 1. The molecule has 22 heavy (non-hydrogen) atoms. The third-order valence-corrected chi connectivity index (χ3v) is 5.38. The van der Waals surface area contributed by atoms with Crippen LogP contribution in [-0.4, -0.2) is 53.3 Å². The van der Waals surface area contributed by atoms with E-state index in [2.05, 4.69) is 5.32 Å². The number of likely N-dealkylation sites (tertiary alicyclic amines) is 1. The van der Waals surface area contributed by atoms with Crippen LogP contribution in [0.1, 0.15) is 45.4 Å². The van der Waals surface area contributed by atoms with E-state index in [1.807, 2.05) is 6.92 Å². The van der Waals surface area contributed by atoms with Crippen molar-refractivity contribution in [2.75, 3.05) is 19.7 Å². The topological polar surface area (TPSA) is 78.9 Å². The van der Waals surface area contributed by atoms with Crippen molar-refractivity contribution in [2.24, 2.45) is 11.8 Å². The van der Waals surface area contributed by atoms with Crippen molar-refractivity contribution in [3.05, 3.63) is 0 Å². The maximum atomic E-state index is 12.5. The number of carbonyl (C=O) groups is 2. The Morgan fingerprint density at radius 3 is 2.73 bits per heavy atom. The Bertz CT molecular complexity index is 449. The molecule has 2 aliphatic heterocycles. The van der Waals surface area contributed by atoms with Gasteiger partial charge in [0.25, 0.3) is 0 Å². The summed E-state index contributed by atoms with van der Waals surface area (Å²) in [7, 11) is 0. The average molecular weight is 310 g/mol. The first-order valence-electron chi connectivity index (χ1n) is 8.40. The first-order chi connectivity index (χ1) is 10.5. The molecule has 1 spiro atoms. The Morgan fingerprint density at radius 2 is 2.09 bits per heavy atom. The lowest BCUT2D eigenvalue weighted by Gasteiger charge is -2.47. The van der Waals surface area contributed by atoms with Crippen LogP contribution in [0.3, 0.4) is 0 Å². The normalized spacial score (nSPS) is 34.0. The zero-order valence-corrected chi connectivity index (χ0v) is 13.2. The largest absolute Gasteiger partial charge is 0.481 e. The SMILES string of the molecule is CC1CC(C(=O)O)CN(C(=O)NC2CCOC3(CCC3)C2)C1. The standard InChI is InChI=1S/C16H26N2O4/c1-11-7-12(14(19)20)10-18(9-11)15(21)17-13-3-6-22-16(8-13)4-2-5-16/h11-13H,2-10H2,1H3,(H,17,21)(H,19,20). The molecule has 0 aromatic carbocycles. The van der Waals surface area contributed by atoms with E-state index in [9.17, 15) is 14.7 Å². The quantitative estimate of drug-likeness (QED) is 0.816. The number of carbonyl (C=O) groups excluding carboxylic acids is 1. The van der Waals surface area contributed by atoms with Gasteiger partial charge in [-0.2, -0.15) is 0 Å². The lowest BCUT2D eigenvalue weighted by molar-refractivity contribution is -0.143. The molecule has 0 aromatic rings. The third kappa shape index (κ3) is 3.21. The van der Waals surface area contributed by atoms with Crippen molar-refractivity contribution in [1.82, 2.24) is 10.2 Å². The minimum Gasteiger partial charge on any atom is -0.481 e. The number of hydrogen-bond donors (Lipinski definition) is 2.